The number of hydrogen-bond donors (Lipinski definition) is 2. The smallest absolute Gasteiger partial charge is 0.315 e. The quantitative estimate of drug-likeness (QED) is 0.838. The highest BCUT2D eigenvalue weighted by Gasteiger charge is 2.17. The summed E-state index contributed by atoms with van der Waals surface area (Å²) in [6.45, 7) is 2.07. The largest absolute Gasteiger partial charge is 0.336 e. The van der Waals surface area contributed by atoms with Crippen LogP contribution >= 0.6 is 0 Å². The fourth-order valence-electron chi connectivity index (χ4n) is 2.62. The molecule has 1 aliphatic carbocycles. The molecule has 3 nitrogen and oxygen atoms in total. The molecule has 2 rings (SSSR count). The van der Waals surface area contributed by atoms with E-state index in [1.54, 1.807) is 0 Å². The van der Waals surface area contributed by atoms with Crippen LogP contribution in [0.2, 0.25) is 0 Å². The number of urea groups is 1. The number of carbonyl (C=O) groups is 1. The zero-order valence-electron chi connectivity index (χ0n) is 11.7. The lowest BCUT2D eigenvalue weighted by atomic mass is 10.1. The van der Waals surface area contributed by atoms with Crippen LogP contribution in [0.15, 0.2) is 30.3 Å². The van der Waals surface area contributed by atoms with Crippen LogP contribution in [-0.4, -0.2) is 18.1 Å². The fourth-order valence-corrected chi connectivity index (χ4v) is 2.62. The van der Waals surface area contributed by atoms with E-state index >= 15 is 0 Å². The van der Waals surface area contributed by atoms with E-state index in [1.807, 2.05) is 6.07 Å². The van der Waals surface area contributed by atoms with Crippen LogP contribution in [0.3, 0.4) is 0 Å². The standard InChI is InChI=1S/C16H24N2O/c1-13(11-12-14-7-3-2-4-8-14)17-16(19)18-15-9-5-6-10-15/h2-4,7-8,13,15H,5-6,9-12H2,1H3,(H2,17,18,19)/t13-/m1/s1. The van der Waals surface area contributed by atoms with E-state index in [9.17, 15) is 4.79 Å². The van der Waals surface area contributed by atoms with Crippen molar-refractivity contribution < 1.29 is 4.79 Å². The molecule has 0 saturated heterocycles. The van der Waals surface area contributed by atoms with Crippen LogP contribution in [0.5, 0.6) is 0 Å². The molecule has 0 aliphatic heterocycles. The van der Waals surface area contributed by atoms with E-state index in [0.29, 0.717) is 6.04 Å². The van der Waals surface area contributed by atoms with E-state index in [0.717, 1.165) is 25.7 Å². The molecule has 1 fully saturated rings. The summed E-state index contributed by atoms with van der Waals surface area (Å²) in [5, 5.41) is 6.08. The summed E-state index contributed by atoms with van der Waals surface area (Å²) in [6, 6.07) is 11.0. The normalized spacial score (nSPS) is 17.1. The van der Waals surface area contributed by atoms with Crippen molar-refractivity contribution >= 4 is 6.03 Å². The van der Waals surface area contributed by atoms with Gasteiger partial charge in [-0.1, -0.05) is 43.2 Å². The molecule has 1 aromatic carbocycles. The third-order valence-corrected chi connectivity index (χ3v) is 3.78. The van der Waals surface area contributed by atoms with Gasteiger partial charge in [0, 0.05) is 12.1 Å². The number of benzene rings is 1. The zero-order chi connectivity index (χ0) is 13.5. The summed E-state index contributed by atoms with van der Waals surface area (Å²) in [5.41, 5.74) is 1.33. The second kappa shape index (κ2) is 7.17. The molecule has 0 radical (unpaired) electrons. The van der Waals surface area contributed by atoms with E-state index in [4.69, 9.17) is 0 Å². The molecular weight excluding hydrogens is 236 g/mol. The molecule has 0 unspecified atom stereocenters. The first-order valence-electron chi connectivity index (χ1n) is 7.35. The SMILES string of the molecule is C[C@H](CCc1ccccc1)NC(=O)NC1CCCC1. The maximum atomic E-state index is 11.8. The number of carbonyl (C=O) groups excluding carboxylic acids is 1. The van der Waals surface area contributed by atoms with Gasteiger partial charge in [0.2, 0.25) is 0 Å². The predicted octanol–water partition coefficient (Wildman–Crippen LogP) is 3.25. The van der Waals surface area contributed by atoms with E-state index in [1.165, 1.54) is 18.4 Å². The van der Waals surface area contributed by atoms with Crippen molar-refractivity contribution in [2.24, 2.45) is 0 Å². The van der Waals surface area contributed by atoms with Crippen molar-refractivity contribution in [3.8, 4) is 0 Å². The van der Waals surface area contributed by atoms with Crippen molar-refractivity contribution in [1.29, 1.82) is 0 Å². The Morgan fingerprint density at radius 1 is 1.26 bits per heavy atom. The van der Waals surface area contributed by atoms with Crippen molar-refractivity contribution in [3.05, 3.63) is 35.9 Å². The number of rotatable bonds is 5. The lowest BCUT2D eigenvalue weighted by Gasteiger charge is -2.17. The van der Waals surface area contributed by atoms with Gasteiger partial charge in [-0.25, -0.2) is 4.79 Å². The lowest BCUT2D eigenvalue weighted by molar-refractivity contribution is 0.233. The minimum atomic E-state index is -0.00698. The van der Waals surface area contributed by atoms with Crippen LogP contribution in [-0.2, 0) is 6.42 Å². The molecule has 1 aromatic rings. The molecular formula is C16H24N2O. The van der Waals surface area contributed by atoms with Gasteiger partial charge in [-0.05, 0) is 38.2 Å². The van der Waals surface area contributed by atoms with Gasteiger partial charge in [0.1, 0.15) is 0 Å². The van der Waals surface area contributed by atoms with Crippen LogP contribution in [0, 0.1) is 0 Å². The lowest BCUT2D eigenvalue weighted by Crippen LogP contribution is -2.44. The molecule has 3 heteroatoms. The summed E-state index contributed by atoms with van der Waals surface area (Å²) in [6.07, 6.45) is 6.73. The molecule has 19 heavy (non-hydrogen) atoms. The first kappa shape index (κ1) is 13.9. The Balaban J connectivity index is 1.65. The summed E-state index contributed by atoms with van der Waals surface area (Å²) in [5.74, 6) is 0. The van der Waals surface area contributed by atoms with Crippen LogP contribution in [0.25, 0.3) is 0 Å². The average molecular weight is 260 g/mol. The zero-order valence-corrected chi connectivity index (χ0v) is 11.7. The Hall–Kier alpha value is -1.51. The van der Waals surface area contributed by atoms with Crippen molar-refractivity contribution in [1.82, 2.24) is 10.6 Å². The maximum absolute atomic E-state index is 11.8. The molecule has 0 spiro atoms. The van der Waals surface area contributed by atoms with E-state index in [2.05, 4.69) is 41.8 Å². The summed E-state index contributed by atoms with van der Waals surface area (Å²) in [7, 11) is 0. The first-order valence-corrected chi connectivity index (χ1v) is 7.35. The number of nitrogens with one attached hydrogen (secondary N) is 2. The van der Waals surface area contributed by atoms with Crippen LogP contribution < -0.4 is 10.6 Å². The third kappa shape index (κ3) is 4.93. The van der Waals surface area contributed by atoms with Crippen LogP contribution in [0.1, 0.15) is 44.6 Å². The Morgan fingerprint density at radius 2 is 1.95 bits per heavy atom. The Labute approximate surface area is 115 Å². The average Bonchev–Trinajstić information content (AvgIpc) is 2.90. The van der Waals surface area contributed by atoms with Crippen molar-refractivity contribution in [2.45, 2.75) is 57.5 Å². The fraction of sp³-hybridized carbons (Fsp3) is 0.562. The van der Waals surface area contributed by atoms with E-state index < -0.39 is 0 Å². The molecule has 0 aromatic heterocycles. The van der Waals surface area contributed by atoms with Gasteiger partial charge in [-0.2, -0.15) is 0 Å². The highest BCUT2D eigenvalue weighted by molar-refractivity contribution is 5.74. The summed E-state index contributed by atoms with van der Waals surface area (Å²) < 4.78 is 0. The van der Waals surface area contributed by atoms with Gasteiger partial charge in [-0.3, -0.25) is 0 Å². The van der Waals surface area contributed by atoms with E-state index in [-0.39, 0.29) is 12.1 Å². The van der Waals surface area contributed by atoms with Gasteiger partial charge >= 0.3 is 6.03 Å². The monoisotopic (exact) mass is 260 g/mol. The number of amides is 2. The molecule has 2 N–H and O–H groups in total. The minimum Gasteiger partial charge on any atom is -0.336 e. The highest BCUT2D eigenvalue weighted by atomic mass is 16.2. The molecule has 2 amide bonds. The minimum absolute atomic E-state index is 0.00698. The van der Waals surface area contributed by atoms with Crippen molar-refractivity contribution in [3.63, 3.8) is 0 Å². The topological polar surface area (TPSA) is 41.1 Å². The summed E-state index contributed by atoms with van der Waals surface area (Å²) >= 11 is 0. The van der Waals surface area contributed by atoms with Crippen LogP contribution in [0.4, 0.5) is 4.79 Å². The van der Waals surface area contributed by atoms with Crippen molar-refractivity contribution in [2.75, 3.05) is 0 Å². The molecule has 1 atom stereocenters. The second-order valence-electron chi connectivity index (χ2n) is 5.52. The molecule has 0 bridgehead atoms. The Kier molecular flexibility index (Phi) is 5.25. The number of aryl methyl sites for hydroxylation is 1. The molecule has 1 aliphatic rings. The number of hydrogen-bond acceptors (Lipinski definition) is 1. The van der Waals surface area contributed by atoms with Gasteiger partial charge in [0.25, 0.3) is 0 Å². The Morgan fingerprint density at radius 3 is 2.63 bits per heavy atom. The Bertz CT molecular complexity index is 385. The third-order valence-electron chi connectivity index (χ3n) is 3.78. The highest BCUT2D eigenvalue weighted by Crippen LogP contribution is 2.17. The molecule has 0 heterocycles. The molecule has 1 saturated carbocycles. The van der Waals surface area contributed by atoms with Gasteiger partial charge in [0.05, 0.1) is 0 Å². The first-order chi connectivity index (χ1) is 9.24. The second-order valence-corrected chi connectivity index (χ2v) is 5.52. The maximum Gasteiger partial charge on any atom is 0.315 e. The van der Waals surface area contributed by atoms with Gasteiger partial charge in [0.15, 0.2) is 0 Å². The summed E-state index contributed by atoms with van der Waals surface area (Å²) in [4.78, 5) is 11.8. The predicted molar refractivity (Wildman–Crippen MR) is 78.1 cm³/mol. The van der Waals surface area contributed by atoms with Gasteiger partial charge in [-0.15, -0.1) is 0 Å². The molecule has 104 valence electrons. The van der Waals surface area contributed by atoms with Gasteiger partial charge < -0.3 is 10.6 Å².